The Morgan fingerprint density at radius 1 is 1.30 bits per heavy atom. The standard InChI is InChI=1S/C14H21F3N2O/c1-4-20-8-13(9(2)3)19-12-6-5-10(18)7-11(12)14(15,16)17/h5-7,9,13,19H,4,8,18H2,1-3H3. The molecular weight excluding hydrogens is 269 g/mol. The Morgan fingerprint density at radius 3 is 2.45 bits per heavy atom. The minimum absolute atomic E-state index is 0.0325. The molecule has 0 fully saturated rings. The van der Waals surface area contributed by atoms with Crippen molar-refractivity contribution in [2.45, 2.75) is 33.0 Å². The van der Waals surface area contributed by atoms with Gasteiger partial charge in [-0.25, -0.2) is 0 Å². The summed E-state index contributed by atoms with van der Waals surface area (Å²) in [5, 5.41) is 2.92. The van der Waals surface area contributed by atoms with Gasteiger partial charge in [0.05, 0.1) is 18.2 Å². The third-order valence-electron chi connectivity index (χ3n) is 3.00. The third-order valence-corrected chi connectivity index (χ3v) is 3.00. The van der Waals surface area contributed by atoms with Gasteiger partial charge in [0.1, 0.15) is 0 Å². The minimum Gasteiger partial charge on any atom is -0.399 e. The molecule has 1 atom stereocenters. The highest BCUT2D eigenvalue weighted by Crippen LogP contribution is 2.36. The molecule has 3 nitrogen and oxygen atoms in total. The van der Waals surface area contributed by atoms with Crippen molar-refractivity contribution >= 4 is 11.4 Å². The maximum Gasteiger partial charge on any atom is 0.418 e. The average Bonchev–Trinajstić information content (AvgIpc) is 2.34. The molecule has 0 amide bonds. The Bertz CT molecular complexity index is 433. The van der Waals surface area contributed by atoms with E-state index in [0.29, 0.717) is 13.2 Å². The maximum absolute atomic E-state index is 13.0. The molecule has 0 saturated heterocycles. The van der Waals surface area contributed by atoms with Crippen molar-refractivity contribution in [3.05, 3.63) is 23.8 Å². The highest BCUT2D eigenvalue weighted by Gasteiger charge is 2.34. The molecule has 0 saturated carbocycles. The lowest BCUT2D eigenvalue weighted by Crippen LogP contribution is -2.32. The van der Waals surface area contributed by atoms with Gasteiger partial charge in [-0.3, -0.25) is 0 Å². The van der Waals surface area contributed by atoms with Gasteiger partial charge in [-0.1, -0.05) is 13.8 Å². The van der Waals surface area contributed by atoms with Crippen LogP contribution in [0.2, 0.25) is 0 Å². The van der Waals surface area contributed by atoms with Crippen LogP contribution in [0.25, 0.3) is 0 Å². The van der Waals surface area contributed by atoms with Gasteiger partial charge in [0.15, 0.2) is 0 Å². The van der Waals surface area contributed by atoms with E-state index in [1.165, 1.54) is 12.1 Å². The summed E-state index contributed by atoms with van der Waals surface area (Å²) in [6, 6.07) is 3.56. The van der Waals surface area contributed by atoms with Crippen LogP contribution in [0.5, 0.6) is 0 Å². The molecule has 0 bridgehead atoms. The van der Waals surface area contributed by atoms with E-state index < -0.39 is 11.7 Å². The molecular formula is C14H21F3N2O. The van der Waals surface area contributed by atoms with Crippen molar-refractivity contribution in [2.24, 2.45) is 5.92 Å². The zero-order valence-corrected chi connectivity index (χ0v) is 11.9. The van der Waals surface area contributed by atoms with E-state index in [2.05, 4.69) is 5.32 Å². The average molecular weight is 290 g/mol. The fourth-order valence-electron chi connectivity index (χ4n) is 1.77. The number of hydrogen-bond donors (Lipinski definition) is 2. The minimum atomic E-state index is -4.44. The van der Waals surface area contributed by atoms with Crippen molar-refractivity contribution in [1.82, 2.24) is 0 Å². The van der Waals surface area contributed by atoms with Gasteiger partial charge in [-0.05, 0) is 31.0 Å². The normalized spacial score (nSPS) is 13.6. The Kier molecular flexibility index (Phi) is 5.68. The van der Waals surface area contributed by atoms with Crippen molar-refractivity contribution in [1.29, 1.82) is 0 Å². The van der Waals surface area contributed by atoms with Crippen LogP contribution >= 0.6 is 0 Å². The van der Waals surface area contributed by atoms with E-state index >= 15 is 0 Å². The number of ether oxygens (including phenoxy) is 1. The molecule has 0 aliphatic rings. The molecule has 6 heteroatoms. The first-order valence-electron chi connectivity index (χ1n) is 6.56. The van der Waals surface area contributed by atoms with Crippen molar-refractivity contribution in [3.8, 4) is 0 Å². The molecule has 0 heterocycles. The molecule has 0 aliphatic carbocycles. The molecule has 114 valence electrons. The maximum atomic E-state index is 13.0. The highest BCUT2D eigenvalue weighted by molar-refractivity contribution is 5.59. The molecule has 0 spiro atoms. The van der Waals surface area contributed by atoms with Crippen LogP contribution in [0, 0.1) is 5.92 Å². The monoisotopic (exact) mass is 290 g/mol. The second-order valence-electron chi connectivity index (χ2n) is 4.96. The lowest BCUT2D eigenvalue weighted by molar-refractivity contribution is -0.136. The molecule has 0 radical (unpaired) electrons. The predicted octanol–water partition coefficient (Wildman–Crippen LogP) is 3.76. The molecule has 1 unspecified atom stereocenters. The van der Waals surface area contributed by atoms with Crippen molar-refractivity contribution in [2.75, 3.05) is 24.3 Å². The Balaban J connectivity index is 3.00. The zero-order valence-electron chi connectivity index (χ0n) is 11.9. The molecule has 3 N–H and O–H groups in total. The number of rotatable bonds is 6. The fraction of sp³-hybridized carbons (Fsp3) is 0.571. The number of nitrogens with one attached hydrogen (secondary N) is 1. The third kappa shape index (κ3) is 4.59. The molecule has 0 aromatic heterocycles. The molecule has 0 aliphatic heterocycles. The summed E-state index contributed by atoms with van der Waals surface area (Å²) in [6.45, 7) is 6.60. The largest absolute Gasteiger partial charge is 0.418 e. The number of alkyl halides is 3. The Morgan fingerprint density at radius 2 is 1.95 bits per heavy atom. The van der Waals surface area contributed by atoms with Gasteiger partial charge in [0, 0.05) is 18.0 Å². The van der Waals surface area contributed by atoms with E-state index in [9.17, 15) is 13.2 Å². The number of benzene rings is 1. The van der Waals surface area contributed by atoms with Crippen LogP contribution in [-0.4, -0.2) is 19.3 Å². The number of anilines is 2. The van der Waals surface area contributed by atoms with E-state index in [1.54, 1.807) is 0 Å². The summed E-state index contributed by atoms with van der Waals surface area (Å²) in [5.41, 5.74) is 4.82. The number of nitrogens with two attached hydrogens (primary N) is 1. The highest BCUT2D eigenvalue weighted by atomic mass is 19.4. The first kappa shape index (κ1) is 16.6. The second-order valence-corrected chi connectivity index (χ2v) is 4.96. The van der Waals surface area contributed by atoms with Crippen molar-refractivity contribution < 1.29 is 17.9 Å². The number of nitrogen functional groups attached to an aromatic ring is 1. The summed E-state index contributed by atoms with van der Waals surface area (Å²) < 4.78 is 44.3. The van der Waals surface area contributed by atoms with E-state index in [-0.39, 0.29) is 23.3 Å². The van der Waals surface area contributed by atoms with Crippen LogP contribution in [0.1, 0.15) is 26.3 Å². The topological polar surface area (TPSA) is 47.3 Å². The SMILES string of the molecule is CCOCC(Nc1ccc(N)cc1C(F)(F)F)C(C)C. The van der Waals surface area contributed by atoms with Gasteiger partial charge >= 0.3 is 6.18 Å². The molecule has 1 aromatic carbocycles. The van der Waals surface area contributed by atoms with Crippen LogP contribution in [0.15, 0.2) is 18.2 Å². The fourth-order valence-corrected chi connectivity index (χ4v) is 1.77. The summed E-state index contributed by atoms with van der Waals surface area (Å²) in [6.07, 6.45) is -4.44. The predicted molar refractivity (Wildman–Crippen MR) is 74.6 cm³/mol. The van der Waals surface area contributed by atoms with Crippen LogP contribution in [0.3, 0.4) is 0 Å². The molecule has 20 heavy (non-hydrogen) atoms. The Labute approximate surface area is 117 Å². The van der Waals surface area contributed by atoms with E-state index in [4.69, 9.17) is 10.5 Å². The van der Waals surface area contributed by atoms with E-state index in [0.717, 1.165) is 6.07 Å². The first-order valence-corrected chi connectivity index (χ1v) is 6.56. The molecule has 1 rings (SSSR count). The van der Waals surface area contributed by atoms with Crippen LogP contribution in [-0.2, 0) is 10.9 Å². The summed E-state index contributed by atoms with van der Waals surface area (Å²) >= 11 is 0. The van der Waals surface area contributed by atoms with Crippen molar-refractivity contribution in [3.63, 3.8) is 0 Å². The summed E-state index contributed by atoms with van der Waals surface area (Å²) in [7, 11) is 0. The van der Waals surface area contributed by atoms with Gasteiger partial charge in [0.25, 0.3) is 0 Å². The van der Waals surface area contributed by atoms with Gasteiger partial charge in [-0.15, -0.1) is 0 Å². The zero-order chi connectivity index (χ0) is 15.3. The van der Waals surface area contributed by atoms with Crippen LogP contribution < -0.4 is 11.1 Å². The number of halogens is 3. The summed E-state index contributed by atoms with van der Waals surface area (Å²) in [4.78, 5) is 0. The Hall–Kier alpha value is -1.43. The van der Waals surface area contributed by atoms with Gasteiger partial charge in [-0.2, -0.15) is 13.2 Å². The second kappa shape index (κ2) is 6.83. The summed E-state index contributed by atoms with van der Waals surface area (Å²) in [5.74, 6) is 0.139. The lowest BCUT2D eigenvalue weighted by atomic mass is 10.0. The smallest absolute Gasteiger partial charge is 0.399 e. The molecule has 1 aromatic rings. The lowest BCUT2D eigenvalue weighted by Gasteiger charge is -2.25. The van der Waals surface area contributed by atoms with E-state index in [1.807, 2.05) is 20.8 Å². The first-order chi connectivity index (χ1) is 9.25. The van der Waals surface area contributed by atoms with Gasteiger partial charge < -0.3 is 15.8 Å². The van der Waals surface area contributed by atoms with Crippen LogP contribution in [0.4, 0.5) is 24.5 Å². The van der Waals surface area contributed by atoms with Gasteiger partial charge in [0.2, 0.25) is 0 Å². The number of hydrogen-bond acceptors (Lipinski definition) is 3. The quantitative estimate of drug-likeness (QED) is 0.784.